The lowest BCUT2D eigenvalue weighted by atomic mass is 9.87. The zero-order valence-electron chi connectivity index (χ0n) is 18.0. The number of hydrogen-bond acceptors (Lipinski definition) is 6. The fraction of sp³-hybridized carbons (Fsp3) is 0.750. The van der Waals surface area contributed by atoms with Crippen molar-refractivity contribution in [3.63, 3.8) is 0 Å². The molecule has 8 nitrogen and oxygen atoms in total. The zero-order chi connectivity index (χ0) is 20.8. The van der Waals surface area contributed by atoms with E-state index in [1.165, 1.54) is 0 Å². The molecule has 1 fully saturated rings. The number of piperazine rings is 1. The summed E-state index contributed by atoms with van der Waals surface area (Å²) in [4.78, 5) is 38.1. The molecule has 0 aromatic carbocycles. The highest BCUT2D eigenvalue weighted by Crippen LogP contribution is 2.43. The molecule has 3 rings (SSSR count). The predicted molar refractivity (Wildman–Crippen MR) is 109 cm³/mol. The Hall–Kier alpha value is -2.09. The van der Waals surface area contributed by atoms with Crippen LogP contribution in [0.2, 0.25) is 0 Å². The number of rotatable bonds is 4. The van der Waals surface area contributed by atoms with Gasteiger partial charge in [-0.2, -0.15) is 0 Å². The molecule has 1 saturated heterocycles. The van der Waals surface area contributed by atoms with Crippen LogP contribution >= 0.6 is 0 Å². The largest absolute Gasteiger partial charge is 0.384 e. The highest BCUT2D eigenvalue weighted by Gasteiger charge is 2.53. The maximum Gasteiger partial charge on any atom is 0.271 e. The Morgan fingerprint density at radius 3 is 2.36 bits per heavy atom. The lowest BCUT2D eigenvalue weighted by Gasteiger charge is -2.43. The van der Waals surface area contributed by atoms with Crippen LogP contribution in [-0.4, -0.2) is 88.3 Å². The Bertz CT molecular complexity index is 722. The fourth-order valence-electron chi connectivity index (χ4n) is 4.84. The van der Waals surface area contributed by atoms with Crippen LogP contribution in [-0.2, 0) is 9.59 Å². The first-order valence-electron chi connectivity index (χ1n) is 10.3. The van der Waals surface area contributed by atoms with Gasteiger partial charge in [0.05, 0.1) is 5.54 Å². The number of likely N-dealkylation sites (N-methyl/N-ethyl adjacent to an activating group) is 1. The van der Waals surface area contributed by atoms with Gasteiger partial charge < -0.3 is 20.4 Å². The van der Waals surface area contributed by atoms with Crippen LogP contribution in [0.1, 0.15) is 47.5 Å². The highest BCUT2D eigenvalue weighted by atomic mass is 16.2. The monoisotopic (exact) mass is 390 g/mol. The van der Waals surface area contributed by atoms with Crippen molar-refractivity contribution in [2.24, 2.45) is 10.7 Å². The summed E-state index contributed by atoms with van der Waals surface area (Å²) >= 11 is 0. The maximum atomic E-state index is 13.4. The number of carbonyl (C=O) groups is 2. The molecule has 2 amide bonds. The Kier molecular flexibility index (Phi) is 5.44. The van der Waals surface area contributed by atoms with Gasteiger partial charge in [0, 0.05) is 51.3 Å². The van der Waals surface area contributed by atoms with Crippen LogP contribution < -0.4 is 5.73 Å². The average Bonchev–Trinajstić information content (AvgIpc) is 2.92. The van der Waals surface area contributed by atoms with E-state index in [4.69, 9.17) is 10.7 Å². The van der Waals surface area contributed by atoms with Gasteiger partial charge in [0.1, 0.15) is 11.5 Å². The molecule has 156 valence electrons. The van der Waals surface area contributed by atoms with Crippen molar-refractivity contribution < 1.29 is 9.59 Å². The van der Waals surface area contributed by atoms with E-state index in [9.17, 15) is 9.59 Å². The van der Waals surface area contributed by atoms with Gasteiger partial charge in [0.2, 0.25) is 5.91 Å². The maximum absolute atomic E-state index is 13.4. The van der Waals surface area contributed by atoms with Crippen LogP contribution in [0.4, 0.5) is 0 Å². The predicted octanol–water partition coefficient (Wildman–Crippen LogP) is 0.800. The Morgan fingerprint density at radius 1 is 1.25 bits per heavy atom. The van der Waals surface area contributed by atoms with E-state index < -0.39 is 5.54 Å². The van der Waals surface area contributed by atoms with E-state index in [2.05, 4.69) is 18.7 Å². The third-order valence-electron chi connectivity index (χ3n) is 6.44. The molecule has 2 N–H and O–H groups in total. The second kappa shape index (κ2) is 7.39. The summed E-state index contributed by atoms with van der Waals surface area (Å²) in [7, 11) is 1.93. The number of amidine groups is 1. The molecule has 0 radical (unpaired) electrons. The second-order valence-corrected chi connectivity index (χ2v) is 8.36. The molecule has 3 aliphatic heterocycles. The Morgan fingerprint density at radius 2 is 1.86 bits per heavy atom. The summed E-state index contributed by atoms with van der Waals surface area (Å²) in [6.45, 7) is 12.9. The summed E-state index contributed by atoms with van der Waals surface area (Å²) in [5.74, 6) is 0.674. The van der Waals surface area contributed by atoms with Gasteiger partial charge in [0.15, 0.2) is 6.29 Å². The zero-order valence-corrected chi connectivity index (χ0v) is 18.0. The number of carbonyl (C=O) groups excluding carboxylic acids is 2. The van der Waals surface area contributed by atoms with E-state index in [1.807, 2.05) is 42.5 Å². The second-order valence-electron chi connectivity index (χ2n) is 8.36. The van der Waals surface area contributed by atoms with Gasteiger partial charge in [-0.05, 0) is 27.2 Å². The van der Waals surface area contributed by atoms with Crippen molar-refractivity contribution in [1.82, 2.24) is 19.6 Å². The quantitative estimate of drug-likeness (QED) is 0.767. The van der Waals surface area contributed by atoms with Crippen molar-refractivity contribution in [2.75, 3.05) is 33.2 Å². The summed E-state index contributed by atoms with van der Waals surface area (Å²) in [6, 6.07) is 0.0753. The number of amides is 2. The number of nitrogens with two attached hydrogens (primary N) is 1. The minimum absolute atomic E-state index is 0.0273. The molecule has 0 bridgehead atoms. The molecule has 0 spiro atoms. The summed E-state index contributed by atoms with van der Waals surface area (Å²) in [5.41, 5.74) is 7.53. The van der Waals surface area contributed by atoms with Crippen molar-refractivity contribution in [2.45, 2.75) is 65.3 Å². The Balaban J connectivity index is 1.87. The normalized spacial score (nSPS) is 29.0. The molecular weight excluding hydrogens is 356 g/mol. The molecule has 2 unspecified atom stereocenters. The molecule has 0 aliphatic carbocycles. The van der Waals surface area contributed by atoms with Gasteiger partial charge in [0.25, 0.3) is 5.91 Å². The van der Waals surface area contributed by atoms with E-state index in [0.29, 0.717) is 44.1 Å². The van der Waals surface area contributed by atoms with Crippen LogP contribution in [0.25, 0.3) is 0 Å². The van der Waals surface area contributed by atoms with Gasteiger partial charge in [-0.1, -0.05) is 13.8 Å². The molecule has 0 saturated carbocycles. The summed E-state index contributed by atoms with van der Waals surface area (Å²) in [6.07, 6.45) is 0.997. The van der Waals surface area contributed by atoms with Gasteiger partial charge in [-0.15, -0.1) is 0 Å². The average molecular weight is 391 g/mol. The first kappa shape index (κ1) is 20.6. The highest BCUT2D eigenvalue weighted by molar-refractivity contribution is 6.12. The van der Waals surface area contributed by atoms with Gasteiger partial charge in [-0.25, -0.2) is 4.99 Å². The molecule has 3 heterocycles. The van der Waals surface area contributed by atoms with E-state index in [1.54, 1.807) is 0 Å². The van der Waals surface area contributed by atoms with E-state index in [-0.39, 0.29) is 24.1 Å². The fourth-order valence-corrected chi connectivity index (χ4v) is 4.84. The van der Waals surface area contributed by atoms with E-state index >= 15 is 0 Å². The molecule has 2 atom stereocenters. The van der Waals surface area contributed by atoms with Crippen molar-refractivity contribution >= 4 is 17.6 Å². The number of hydrogen-bond donors (Lipinski definition) is 1. The number of aliphatic imine (C=N–C) groups is 1. The van der Waals surface area contributed by atoms with Crippen LogP contribution in [0, 0.1) is 0 Å². The van der Waals surface area contributed by atoms with Crippen LogP contribution in [0.15, 0.2) is 16.3 Å². The third kappa shape index (κ3) is 2.98. The van der Waals surface area contributed by atoms with E-state index in [0.717, 1.165) is 12.0 Å². The Labute approximate surface area is 168 Å². The topological polar surface area (TPSA) is 85.5 Å². The van der Waals surface area contributed by atoms with Crippen molar-refractivity contribution in [3.05, 3.63) is 11.3 Å². The minimum atomic E-state index is -0.445. The lowest BCUT2D eigenvalue weighted by Crippen LogP contribution is -2.57. The molecule has 8 heteroatoms. The number of nitrogens with zero attached hydrogens (tertiary/aromatic N) is 5. The third-order valence-corrected chi connectivity index (χ3v) is 6.44. The van der Waals surface area contributed by atoms with Crippen LogP contribution in [0.3, 0.4) is 0 Å². The molecule has 0 aromatic rings. The molecular formula is C20H34N6O2. The van der Waals surface area contributed by atoms with Crippen molar-refractivity contribution in [3.8, 4) is 0 Å². The molecule has 0 aromatic heterocycles. The van der Waals surface area contributed by atoms with Crippen molar-refractivity contribution in [1.29, 1.82) is 0 Å². The first-order valence-corrected chi connectivity index (χ1v) is 10.3. The molecule has 28 heavy (non-hydrogen) atoms. The summed E-state index contributed by atoms with van der Waals surface area (Å²) < 4.78 is 0. The lowest BCUT2D eigenvalue weighted by molar-refractivity contribution is -0.134. The standard InChI is InChI=1S/C20H34N6O2/c1-7-14(27)24-9-11-25(12-10-24)19-22-17(21)15-16(23(19)6)18(28)26(13(3)4)20(15,5)8-2/h13,19H,7-12H2,1-6H3,(H2,21,22). The first-order chi connectivity index (χ1) is 13.2. The smallest absolute Gasteiger partial charge is 0.271 e. The summed E-state index contributed by atoms with van der Waals surface area (Å²) in [5, 5.41) is 0. The SMILES string of the molecule is CCC(=O)N1CCN(C2N=C(N)C3=C(C(=O)N(C(C)C)C3(C)CC)N2C)CC1. The van der Waals surface area contributed by atoms with Crippen LogP contribution in [0.5, 0.6) is 0 Å². The van der Waals surface area contributed by atoms with Gasteiger partial charge >= 0.3 is 0 Å². The minimum Gasteiger partial charge on any atom is -0.384 e. The molecule has 3 aliphatic rings. The van der Waals surface area contributed by atoms with Gasteiger partial charge in [-0.3, -0.25) is 14.5 Å².